The van der Waals surface area contributed by atoms with Gasteiger partial charge in [-0.05, 0) is 17.8 Å². The predicted octanol–water partition coefficient (Wildman–Crippen LogP) is 1.03. The van der Waals surface area contributed by atoms with Gasteiger partial charge in [-0.3, -0.25) is 0 Å². The van der Waals surface area contributed by atoms with E-state index in [0.717, 1.165) is 4.48 Å². The van der Waals surface area contributed by atoms with Gasteiger partial charge in [0.25, 0.3) is 0 Å². The van der Waals surface area contributed by atoms with Crippen molar-refractivity contribution >= 4 is 15.9 Å². The standard InChI is InChI=1S/C6H11BrO2/c1-5(7)2-3-6(9)4-8/h2,6,8-9H,3-4H2,1H3/b5-2+/t6-/m0/s1. The molecule has 0 heterocycles. The van der Waals surface area contributed by atoms with E-state index in [1.165, 1.54) is 0 Å². The van der Waals surface area contributed by atoms with Gasteiger partial charge in [-0.15, -0.1) is 0 Å². The SMILES string of the molecule is C/C(Br)=C\C[C@H](O)CO. The Bertz CT molecular complexity index is 97.2. The third-order valence-electron chi connectivity index (χ3n) is 0.882. The Labute approximate surface area is 63.3 Å². The molecule has 2 N–H and O–H groups in total. The molecule has 0 radical (unpaired) electrons. The van der Waals surface area contributed by atoms with Crippen molar-refractivity contribution in [3.8, 4) is 0 Å². The molecule has 0 aliphatic carbocycles. The molecular formula is C6H11BrO2. The average molecular weight is 195 g/mol. The van der Waals surface area contributed by atoms with Crippen LogP contribution in [0.15, 0.2) is 10.6 Å². The van der Waals surface area contributed by atoms with Gasteiger partial charge in [-0.25, -0.2) is 0 Å². The summed E-state index contributed by atoms with van der Waals surface area (Å²) in [5, 5.41) is 17.1. The molecule has 0 aliphatic rings. The average Bonchev–Trinajstić information content (AvgIpc) is 1.83. The van der Waals surface area contributed by atoms with Crippen molar-refractivity contribution in [2.75, 3.05) is 6.61 Å². The molecule has 0 rings (SSSR count). The monoisotopic (exact) mass is 194 g/mol. The zero-order valence-corrected chi connectivity index (χ0v) is 6.93. The molecule has 0 saturated carbocycles. The molecule has 0 fully saturated rings. The Hall–Kier alpha value is 0.140. The van der Waals surface area contributed by atoms with Crippen LogP contribution < -0.4 is 0 Å². The topological polar surface area (TPSA) is 40.5 Å². The molecule has 0 spiro atoms. The number of aliphatic hydroxyl groups excluding tert-OH is 2. The van der Waals surface area contributed by atoms with Gasteiger partial charge in [-0.1, -0.05) is 22.0 Å². The van der Waals surface area contributed by atoms with Crippen molar-refractivity contribution in [2.24, 2.45) is 0 Å². The summed E-state index contributed by atoms with van der Waals surface area (Å²) in [6, 6.07) is 0. The molecule has 0 unspecified atom stereocenters. The third kappa shape index (κ3) is 6.02. The van der Waals surface area contributed by atoms with Gasteiger partial charge in [0.05, 0.1) is 12.7 Å². The number of rotatable bonds is 3. The summed E-state index contributed by atoms with van der Waals surface area (Å²) >= 11 is 3.20. The number of halogens is 1. The van der Waals surface area contributed by atoms with Crippen molar-refractivity contribution in [3.05, 3.63) is 10.6 Å². The minimum Gasteiger partial charge on any atom is -0.394 e. The second-order valence-corrected chi connectivity index (χ2v) is 3.11. The van der Waals surface area contributed by atoms with E-state index in [4.69, 9.17) is 10.2 Å². The molecule has 1 atom stereocenters. The first kappa shape index (κ1) is 9.14. The molecule has 9 heavy (non-hydrogen) atoms. The van der Waals surface area contributed by atoms with E-state index in [-0.39, 0.29) is 6.61 Å². The first-order chi connectivity index (χ1) is 4.16. The van der Waals surface area contributed by atoms with Gasteiger partial charge < -0.3 is 10.2 Å². The van der Waals surface area contributed by atoms with Gasteiger partial charge in [0.2, 0.25) is 0 Å². The number of hydrogen-bond acceptors (Lipinski definition) is 2. The molecule has 0 amide bonds. The molecule has 0 aromatic carbocycles. The molecule has 0 saturated heterocycles. The Morgan fingerprint density at radius 1 is 1.78 bits per heavy atom. The van der Waals surface area contributed by atoms with Crippen LogP contribution in [0.5, 0.6) is 0 Å². The molecule has 0 aromatic rings. The summed E-state index contributed by atoms with van der Waals surface area (Å²) in [5.41, 5.74) is 0. The Morgan fingerprint density at radius 2 is 2.33 bits per heavy atom. The van der Waals surface area contributed by atoms with E-state index in [9.17, 15) is 0 Å². The minimum absolute atomic E-state index is 0.170. The largest absolute Gasteiger partial charge is 0.394 e. The van der Waals surface area contributed by atoms with Crippen LogP contribution in [0.3, 0.4) is 0 Å². The van der Waals surface area contributed by atoms with Crippen LogP contribution in [0.25, 0.3) is 0 Å². The predicted molar refractivity (Wildman–Crippen MR) is 40.4 cm³/mol. The molecule has 0 aliphatic heterocycles. The van der Waals surface area contributed by atoms with Gasteiger partial charge >= 0.3 is 0 Å². The van der Waals surface area contributed by atoms with Crippen LogP contribution in [0.1, 0.15) is 13.3 Å². The lowest BCUT2D eigenvalue weighted by molar-refractivity contribution is 0.0975. The summed E-state index contributed by atoms with van der Waals surface area (Å²) in [4.78, 5) is 0. The highest BCUT2D eigenvalue weighted by Crippen LogP contribution is 2.04. The fraction of sp³-hybridized carbons (Fsp3) is 0.667. The first-order valence-electron chi connectivity index (χ1n) is 2.78. The van der Waals surface area contributed by atoms with Crippen molar-refractivity contribution < 1.29 is 10.2 Å². The van der Waals surface area contributed by atoms with E-state index in [1.54, 1.807) is 0 Å². The van der Waals surface area contributed by atoms with Crippen LogP contribution in [0, 0.1) is 0 Å². The lowest BCUT2D eigenvalue weighted by Gasteiger charge is -2.00. The Kier molecular flexibility index (Phi) is 5.04. The van der Waals surface area contributed by atoms with Gasteiger partial charge in [0.15, 0.2) is 0 Å². The molecular weight excluding hydrogens is 184 g/mol. The van der Waals surface area contributed by atoms with Crippen molar-refractivity contribution in [2.45, 2.75) is 19.4 Å². The zero-order chi connectivity index (χ0) is 7.28. The highest BCUT2D eigenvalue weighted by Gasteiger charge is 1.96. The Morgan fingerprint density at radius 3 is 2.67 bits per heavy atom. The normalized spacial score (nSPS) is 15.8. The van der Waals surface area contributed by atoms with E-state index in [0.29, 0.717) is 6.42 Å². The maximum absolute atomic E-state index is 8.79. The first-order valence-corrected chi connectivity index (χ1v) is 3.57. The van der Waals surface area contributed by atoms with Crippen molar-refractivity contribution in [1.29, 1.82) is 0 Å². The number of hydrogen-bond donors (Lipinski definition) is 2. The van der Waals surface area contributed by atoms with E-state index < -0.39 is 6.10 Å². The maximum atomic E-state index is 8.79. The lowest BCUT2D eigenvalue weighted by atomic mass is 10.2. The third-order valence-corrected chi connectivity index (χ3v) is 1.21. The fourth-order valence-corrected chi connectivity index (χ4v) is 0.560. The van der Waals surface area contributed by atoms with E-state index >= 15 is 0 Å². The maximum Gasteiger partial charge on any atom is 0.0805 e. The lowest BCUT2D eigenvalue weighted by Crippen LogP contribution is -2.09. The van der Waals surface area contributed by atoms with Crippen molar-refractivity contribution in [1.82, 2.24) is 0 Å². The van der Waals surface area contributed by atoms with Crippen molar-refractivity contribution in [3.63, 3.8) is 0 Å². The molecule has 3 heteroatoms. The van der Waals surface area contributed by atoms with Crippen LogP contribution >= 0.6 is 15.9 Å². The number of aliphatic hydroxyl groups is 2. The molecule has 0 aromatic heterocycles. The van der Waals surface area contributed by atoms with E-state index in [1.807, 2.05) is 13.0 Å². The summed E-state index contributed by atoms with van der Waals surface area (Å²) in [6.07, 6.45) is 1.71. The summed E-state index contributed by atoms with van der Waals surface area (Å²) in [5.74, 6) is 0. The molecule has 0 bridgehead atoms. The van der Waals surface area contributed by atoms with Crippen LogP contribution in [-0.4, -0.2) is 22.9 Å². The summed E-state index contributed by atoms with van der Waals surface area (Å²) in [7, 11) is 0. The van der Waals surface area contributed by atoms with Crippen LogP contribution in [-0.2, 0) is 0 Å². The fourth-order valence-electron chi connectivity index (χ4n) is 0.373. The molecule has 54 valence electrons. The zero-order valence-electron chi connectivity index (χ0n) is 5.34. The second kappa shape index (κ2) is 4.97. The summed E-state index contributed by atoms with van der Waals surface area (Å²) in [6.45, 7) is 1.71. The van der Waals surface area contributed by atoms with Gasteiger partial charge in [0.1, 0.15) is 0 Å². The smallest absolute Gasteiger partial charge is 0.0805 e. The van der Waals surface area contributed by atoms with Crippen LogP contribution in [0.4, 0.5) is 0 Å². The number of allylic oxidation sites excluding steroid dienone is 1. The summed E-state index contributed by atoms with van der Waals surface area (Å²) < 4.78 is 0.981. The minimum atomic E-state index is -0.613. The highest BCUT2D eigenvalue weighted by molar-refractivity contribution is 9.11. The van der Waals surface area contributed by atoms with Gasteiger partial charge in [-0.2, -0.15) is 0 Å². The second-order valence-electron chi connectivity index (χ2n) is 1.86. The van der Waals surface area contributed by atoms with Crippen LogP contribution in [0.2, 0.25) is 0 Å². The van der Waals surface area contributed by atoms with E-state index in [2.05, 4.69) is 15.9 Å². The Balaban J connectivity index is 3.37. The van der Waals surface area contributed by atoms with Gasteiger partial charge in [0, 0.05) is 0 Å². The molecule has 2 nitrogen and oxygen atoms in total. The quantitative estimate of drug-likeness (QED) is 0.705. The highest BCUT2D eigenvalue weighted by atomic mass is 79.9.